The van der Waals surface area contributed by atoms with E-state index in [2.05, 4.69) is 15.5 Å². The molecule has 0 fully saturated rings. The summed E-state index contributed by atoms with van der Waals surface area (Å²) in [6.45, 7) is 4.00. The van der Waals surface area contributed by atoms with Crippen molar-refractivity contribution in [3.8, 4) is 22.9 Å². The van der Waals surface area contributed by atoms with Crippen LogP contribution in [0.25, 0.3) is 11.4 Å². The molecule has 0 aliphatic heterocycles. The van der Waals surface area contributed by atoms with Crippen LogP contribution in [0.3, 0.4) is 0 Å². The number of aryl methyl sites for hydroxylation is 1. The second-order valence-corrected chi connectivity index (χ2v) is 7.24. The minimum Gasteiger partial charge on any atom is -0.494 e. The van der Waals surface area contributed by atoms with Crippen molar-refractivity contribution in [3.63, 3.8) is 0 Å². The van der Waals surface area contributed by atoms with E-state index in [0.29, 0.717) is 18.3 Å². The summed E-state index contributed by atoms with van der Waals surface area (Å²) < 4.78 is 55.0. The summed E-state index contributed by atoms with van der Waals surface area (Å²) in [5.41, 5.74) is -0.105. The van der Waals surface area contributed by atoms with Crippen LogP contribution in [0.15, 0.2) is 53.1 Å². The molecule has 0 radical (unpaired) electrons. The van der Waals surface area contributed by atoms with E-state index >= 15 is 0 Å². The lowest BCUT2D eigenvalue weighted by Gasteiger charge is -2.17. The SMILES string of the molecule is CCOc1ccc(-c2noc(CCC(=O)NC(C)COc3ccccc3C(F)(F)F)n2)cc1. The van der Waals surface area contributed by atoms with Gasteiger partial charge < -0.3 is 19.3 Å². The number of amides is 1. The molecule has 0 bridgehead atoms. The molecule has 0 aliphatic carbocycles. The van der Waals surface area contributed by atoms with Crippen molar-refractivity contribution in [1.29, 1.82) is 0 Å². The van der Waals surface area contributed by atoms with Crippen LogP contribution in [-0.2, 0) is 17.4 Å². The number of para-hydroxylation sites is 1. The number of hydrogen-bond donors (Lipinski definition) is 1. The summed E-state index contributed by atoms with van der Waals surface area (Å²) in [6, 6.07) is 11.7. The van der Waals surface area contributed by atoms with E-state index in [4.69, 9.17) is 14.0 Å². The van der Waals surface area contributed by atoms with Crippen LogP contribution >= 0.6 is 0 Å². The van der Waals surface area contributed by atoms with Crippen LogP contribution in [0, 0.1) is 0 Å². The summed E-state index contributed by atoms with van der Waals surface area (Å²) in [7, 11) is 0. The molecule has 1 heterocycles. The van der Waals surface area contributed by atoms with Gasteiger partial charge in [0.2, 0.25) is 17.6 Å². The molecule has 0 aliphatic rings. The molecule has 176 valence electrons. The van der Waals surface area contributed by atoms with Crippen molar-refractivity contribution in [1.82, 2.24) is 15.5 Å². The summed E-state index contributed by atoms with van der Waals surface area (Å²) in [6.07, 6.45) is -4.22. The highest BCUT2D eigenvalue weighted by atomic mass is 19.4. The molecule has 7 nitrogen and oxygen atoms in total. The molecule has 1 unspecified atom stereocenters. The fourth-order valence-electron chi connectivity index (χ4n) is 2.99. The Morgan fingerprint density at radius 3 is 2.55 bits per heavy atom. The van der Waals surface area contributed by atoms with Crippen molar-refractivity contribution in [2.75, 3.05) is 13.2 Å². The first-order valence-corrected chi connectivity index (χ1v) is 10.4. The summed E-state index contributed by atoms with van der Waals surface area (Å²) in [5, 5.41) is 6.61. The normalized spacial score (nSPS) is 12.3. The molecule has 1 atom stereocenters. The third-order valence-electron chi connectivity index (χ3n) is 4.55. The molecule has 1 amide bonds. The van der Waals surface area contributed by atoms with Crippen molar-refractivity contribution >= 4 is 5.91 Å². The minimum absolute atomic E-state index is 0.0778. The molecule has 0 spiro atoms. The number of alkyl halides is 3. The third-order valence-corrected chi connectivity index (χ3v) is 4.55. The lowest BCUT2D eigenvalue weighted by molar-refractivity contribution is -0.139. The van der Waals surface area contributed by atoms with Crippen molar-refractivity contribution in [2.24, 2.45) is 0 Å². The van der Waals surface area contributed by atoms with Crippen LogP contribution in [0.5, 0.6) is 11.5 Å². The maximum atomic E-state index is 13.0. The first-order chi connectivity index (χ1) is 15.8. The Hall–Kier alpha value is -3.56. The van der Waals surface area contributed by atoms with E-state index in [1.165, 1.54) is 18.2 Å². The Morgan fingerprint density at radius 2 is 1.85 bits per heavy atom. The first-order valence-electron chi connectivity index (χ1n) is 10.4. The van der Waals surface area contributed by atoms with Crippen molar-refractivity contribution in [2.45, 2.75) is 38.9 Å². The number of nitrogens with zero attached hydrogens (tertiary/aromatic N) is 2. The Morgan fingerprint density at radius 1 is 1.12 bits per heavy atom. The van der Waals surface area contributed by atoms with Gasteiger partial charge in [0.25, 0.3) is 0 Å². The van der Waals surface area contributed by atoms with Gasteiger partial charge in [0.15, 0.2) is 0 Å². The van der Waals surface area contributed by atoms with Crippen molar-refractivity contribution in [3.05, 3.63) is 60.0 Å². The van der Waals surface area contributed by atoms with E-state index in [1.54, 1.807) is 19.1 Å². The lowest BCUT2D eigenvalue weighted by atomic mass is 10.2. The molecular weight excluding hydrogens is 439 g/mol. The maximum absolute atomic E-state index is 13.0. The Bertz CT molecular complexity index is 1050. The van der Waals surface area contributed by atoms with Gasteiger partial charge in [-0.25, -0.2) is 0 Å². The molecule has 1 aromatic heterocycles. The number of benzene rings is 2. The maximum Gasteiger partial charge on any atom is 0.419 e. The molecule has 33 heavy (non-hydrogen) atoms. The molecule has 3 aromatic rings. The van der Waals surface area contributed by atoms with Crippen molar-refractivity contribution < 1.29 is 32.0 Å². The average Bonchev–Trinajstić information content (AvgIpc) is 3.26. The fraction of sp³-hybridized carbons (Fsp3) is 0.348. The van der Waals surface area contributed by atoms with Crippen LogP contribution in [0.1, 0.15) is 31.7 Å². The van der Waals surface area contributed by atoms with Gasteiger partial charge in [-0.1, -0.05) is 17.3 Å². The Balaban J connectivity index is 1.46. The zero-order valence-corrected chi connectivity index (χ0v) is 18.2. The Kier molecular flexibility index (Phi) is 7.92. The van der Waals surface area contributed by atoms with Gasteiger partial charge in [-0.2, -0.15) is 18.2 Å². The lowest BCUT2D eigenvalue weighted by Crippen LogP contribution is -2.37. The quantitative estimate of drug-likeness (QED) is 0.470. The molecule has 10 heteroatoms. The predicted octanol–water partition coefficient (Wildman–Crippen LogP) is 4.67. The van der Waals surface area contributed by atoms with Gasteiger partial charge in [-0.15, -0.1) is 0 Å². The zero-order valence-electron chi connectivity index (χ0n) is 18.2. The number of rotatable bonds is 10. The van der Waals surface area contributed by atoms with E-state index < -0.39 is 17.8 Å². The van der Waals surface area contributed by atoms with Crippen LogP contribution in [-0.4, -0.2) is 35.3 Å². The van der Waals surface area contributed by atoms with E-state index in [1.807, 2.05) is 19.1 Å². The smallest absolute Gasteiger partial charge is 0.419 e. The van der Waals surface area contributed by atoms with Gasteiger partial charge in [0.1, 0.15) is 18.1 Å². The monoisotopic (exact) mass is 463 g/mol. The van der Waals surface area contributed by atoms with Crippen LogP contribution < -0.4 is 14.8 Å². The number of ether oxygens (including phenoxy) is 2. The highest BCUT2D eigenvalue weighted by molar-refractivity contribution is 5.76. The average molecular weight is 463 g/mol. The van der Waals surface area contributed by atoms with Crippen LogP contribution in [0.2, 0.25) is 0 Å². The molecular formula is C23H24F3N3O4. The largest absolute Gasteiger partial charge is 0.494 e. The van der Waals surface area contributed by atoms with Crippen LogP contribution in [0.4, 0.5) is 13.2 Å². The number of aromatic nitrogens is 2. The summed E-state index contributed by atoms with van der Waals surface area (Å²) >= 11 is 0. The summed E-state index contributed by atoms with van der Waals surface area (Å²) in [4.78, 5) is 16.5. The van der Waals surface area contributed by atoms with Gasteiger partial charge in [-0.05, 0) is 50.2 Å². The van der Waals surface area contributed by atoms with Gasteiger partial charge in [0, 0.05) is 18.4 Å². The van der Waals surface area contributed by atoms with E-state index in [9.17, 15) is 18.0 Å². The van der Waals surface area contributed by atoms with Gasteiger partial charge in [-0.3, -0.25) is 4.79 Å². The van der Waals surface area contributed by atoms with E-state index in [-0.39, 0.29) is 31.1 Å². The second-order valence-electron chi connectivity index (χ2n) is 7.24. The first kappa shape index (κ1) is 24.1. The highest BCUT2D eigenvalue weighted by Crippen LogP contribution is 2.35. The Labute approximate surface area is 188 Å². The highest BCUT2D eigenvalue weighted by Gasteiger charge is 2.34. The number of carbonyl (C=O) groups excluding carboxylic acids is 1. The molecule has 1 N–H and O–H groups in total. The number of halogens is 3. The van der Waals surface area contributed by atoms with Gasteiger partial charge in [0.05, 0.1) is 18.2 Å². The number of nitrogens with one attached hydrogen (secondary N) is 1. The number of carbonyl (C=O) groups is 1. The fourth-order valence-corrected chi connectivity index (χ4v) is 2.99. The molecule has 0 saturated carbocycles. The molecule has 2 aromatic carbocycles. The standard InChI is InChI=1S/C23H24F3N3O4/c1-3-31-17-10-8-16(9-11-17)22-28-21(33-29-22)13-12-20(30)27-15(2)14-32-19-7-5-4-6-18(19)23(24,25)26/h4-11,15H,3,12-14H2,1-2H3,(H,27,30). The third kappa shape index (κ3) is 6.96. The number of hydrogen-bond acceptors (Lipinski definition) is 6. The van der Waals surface area contributed by atoms with E-state index in [0.717, 1.165) is 17.4 Å². The van der Waals surface area contributed by atoms with Gasteiger partial charge >= 0.3 is 6.18 Å². The topological polar surface area (TPSA) is 86.5 Å². The second kappa shape index (κ2) is 10.8. The minimum atomic E-state index is -4.52. The predicted molar refractivity (Wildman–Crippen MR) is 114 cm³/mol. The molecule has 0 saturated heterocycles. The zero-order chi connectivity index (χ0) is 23.8. The molecule has 3 rings (SSSR count). The summed E-state index contributed by atoms with van der Waals surface area (Å²) in [5.74, 6) is 0.854.